The molecule has 0 heterocycles. The Labute approximate surface area is 91.1 Å². The fourth-order valence-electron chi connectivity index (χ4n) is 1.08. The molecule has 0 aromatic heterocycles. The maximum Gasteiger partial charge on any atom is 0.128 e. The quantitative estimate of drug-likeness (QED) is 0.594. The standard InChI is InChI=1S/C9H10FIS/c1-9(2,12)8-6(10)4-3-5-7(8)11/h3-5,12H,1-2H3. The highest BCUT2D eigenvalue weighted by atomic mass is 127. The summed E-state index contributed by atoms with van der Waals surface area (Å²) in [6, 6.07) is 5.06. The van der Waals surface area contributed by atoms with Gasteiger partial charge < -0.3 is 0 Å². The van der Waals surface area contributed by atoms with Gasteiger partial charge in [0.15, 0.2) is 0 Å². The molecule has 1 aromatic carbocycles. The van der Waals surface area contributed by atoms with Crippen LogP contribution in [-0.2, 0) is 4.75 Å². The van der Waals surface area contributed by atoms with E-state index in [4.69, 9.17) is 0 Å². The molecule has 0 amide bonds. The lowest BCUT2D eigenvalue weighted by Gasteiger charge is -2.20. The van der Waals surface area contributed by atoms with Gasteiger partial charge in [0.1, 0.15) is 5.82 Å². The molecule has 3 heteroatoms. The van der Waals surface area contributed by atoms with E-state index in [1.807, 2.05) is 19.9 Å². The molecule has 1 aromatic rings. The zero-order valence-electron chi connectivity index (χ0n) is 6.94. The Balaban J connectivity index is 3.31. The maximum atomic E-state index is 13.3. The Morgan fingerprint density at radius 1 is 1.42 bits per heavy atom. The van der Waals surface area contributed by atoms with Crippen LogP contribution in [0.5, 0.6) is 0 Å². The molecular weight excluding hydrogens is 286 g/mol. The van der Waals surface area contributed by atoms with Gasteiger partial charge in [0.25, 0.3) is 0 Å². The van der Waals surface area contributed by atoms with Gasteiger partial charge in [-0.1, -0.05) is 6.07 Å². The van der Waals surface area contributed by atoms with Crippen LogP contribution in [0.3, 0.4) is 0 Å². The Morgan fingerprint density at radius 2 is 2.00 bits per heavy atom. The molecule has 0 saturated carbocycles. The highest BCUT2D eigenvalue weighted by Gasteiger charge is 2.21. The summed E-state index contributed by atoms with van der Waals surface area (Å²) in [5, 5.41) is 0. The van der Waals surface area contributed by atoms with Gasteiger partial charge in [0.05, 0.1) is 0 Å². The fourth-order valence-corrected chi connectivity index (χ4v) is 2.66. The van der Waals surface area contributed by atoms with Crippen molar-refractivity contribution >= 4 is 35.2 Å². The normalized spacial score (nSPS) is 11.8. The van der Waals surface area contributed by atoms with Crippen molar-refractivity contribution in [3.63, 3.8) is 0 Å². The Morgan fingerprint density at radius 3 is 2.33 bits per heavy atom. The minimum atomic E-state index is -0.415. The first-order valence-electron chi connectivity index (χ1n) is 3.60. The third-order valence-electron chi connectivity index (χ3n) is 1.57. The molecule has 0 N–H and O–H groups in total. The summed E-state index contributed by atoms with van der Waals surface area (Å²) >= 11 is 6.46. The van der Waals surface area contributed by atoms with Gasteiger partial charge in [-0.3, -0.25) is 0 Å². The molecular formula is C9H10FIS. The van der Waals surface area contributed by atoms with Crippen molar-refractivity contribution < 1.29 is 4.39 Å². The number of halogens is 2. The second kappa shape index (κ2) is 3.54. The van der Waals surface area contributed by atoms with Gasteiger partial charge in [0.2, 0.25) is 0 Å². The van der Waals surface area contributed by atoms with E-state index in [9.17, 15) is 4.39 Å². The molecule has 0 bridgehead atoms. The van der Waals surface area contributed by atoms with Crippen molar-refractivity contribution in [1.29, 1.82) is 0 Å². The topological polar surface area (TPSA) is 0 Å². The van der Waals surface area contributed by atoms with Gasteiger partial charge in [0, 0.05) is 13.9 Å². The van der Waals surface area contributed by atoms with Crippen LogP contribution < -0.4 is 0 Å². The number of benzene rings is 1. The summed E-state index contributed by atoms with van der Waals surface area (Å²) in [4.78, 5) is 0. The van der Waals surface area contributed by atoms with Crippen LogP contribution in [-0.4, -0.2) is 0 Å². The minimum absolute atomic E-state index is 0.179. The van der Waals surface area contributed by atoms with Crippen LogP contribution in [0.1, 0.15) is 19.4 Å². The Bertz CT molecular complexity index is 271. The van der Waals surface area contributed by atoms with E-state index in [2.05, 4.69) is 35.2 Å². The van der Waals surface area contributed by atoms with Crippen molar-refractivity contribution in [3.05, 3.63) is 33.1 Å². The number of hydrogen-bond acceptors (Lipinski definition) is 1. The van der Waals surface area contributed by atoms with Crippen molar-refractivity contribution in [3.8, 4) is 0 Å². The van der Waals surface area contributed by atoms with Crippen LogP contribution >= 0.6 is 35.2 Å². The van der Waals surface area contributed by atoms with Gasteiger partial charge in [-0.25, -0.2) is 4.39 Å². The second-order valence-corrected chi connectivity index (χ2v) is 5.44. The van der Waals surface area contributed by atoms with E-state index in [0.29, 0.717) is 5.56 Å². The zero-order chi connectivity index (χ0) is 9.35. The van der Waals surface area contributed by atoms with Gasteiger partial charge in [-0.2, -0.15) is 12.6 Å². The van der Waals surface area contributed by atoms with Crippen molar-refractivity contribution in [2.45, 2.75) is 18.6 Å². The van der Waals surface area contributed by atoms with E-state index in [1.165, 1.54) is 6.07 Å². The lowest BCUT2D eigenvalue weighted by molar-refractivity contribution is 0.585. The van der Waals surface area contributed by atoms with Crippen LogP contribution in [0.25, 0.3) is 0 Å². The van der Waals surface area contributed by atoms with Gasteiger partial charge >= 0.3 is 0 Å². The lowest BCUT2D eigenvalue weighted by atomic mass is 10.0. The smallest absolute Gasteiger partial charge is 0.128 e. The lowest BCUT2D eigenvalue weighted by Crippen LogP contribution is -2.12. The SMILES string of the molecule is CC(C)(S)c1c(F)cccc1I. The van der Waals surface area contributed by atoms with Crippen LogP contribution in [0.15, 0.2) is 18.2 Å². The van der Waals surface area contributed by atoms with E-state index >= 15 is 0 Å². The molecule has 1 rings (SSSR count). The monoisotopic (exact) mass is 296 g/mol. The number of thiol groups is 1. The first-order chi connectivity index (χ1) is 5.43. The van der Waals surface area contributed by atoms with E-state index in [-0.39, 0.29) is 5.82 Å². The molecule has 66 valence electrons. The first kappa shape index (κ1) is 10.3. The largest absolute Gasteiger partial charge is 0.207 e. The van der Waals surface area contributed by atoms with Crippen molar-refractivity contribution in [2.24, 2.45) is 0 Å². The van der Waals surface area contributed by atoms with Gasteiger partial charge in [-0.15, -0.1) is 0 Å². The molecule has 0 saturated heterocycles. The predicted molar refractivity (Wildman–Crippen MR) is 61.1 cm³/mol. The maximum absolute atomic E-state index is 13.3. The molecule has 0 aliphatic heterocycles. The average molecular weight is 296 g/mol. The number of rotatable bonds is 1. The molecule has 0 aliphatic rings. The summed E-state index contributed by atoms with van der Waals surface area (Å²) < 4.78 is 13.8. The number of hydrogen-bond donors (Lipinski definition) is 1. The summed E-state index contributed by atoms with van der Waals surface area (Å²) in [6.45, 7) is 3.77. The van der Waals surface area contributed by atoms with Crippen LogP contribution in [0.4, 0.5) is 4.39 Å². The van der Waals surface area contributed by atoms with E-state index < -0.39 is 4.75 Å². The summed E-state index contributed by atoms with van der Waals surface area (Å²) in [7, 11) is 0. The second-order valence-electron chi connectivity index (χ2n) is 3.16. The predicted octanol–water partition coefficient (Wildman–Crippen LogP) is 3.60. The Kier molecular flexibility index (Phi) is 3.04. The van der Waals surface area contributed by atoms with E-state index in [0.717, 1.165) is 3.57 Å². The highest BCUT2D eigenvalue weighted by Crippen LogP contribution is 2.32. The van der Waals surface area contributed by atoms with Gasteiger partial charge in [-0.05, 0) is 48.6 Å². The first-order valence-corrected chi connectivity index (χ1v) is 5.12. The molecule has 0 spiro atoms. The summed E-state index contributed by atoms with van der Waals surface area (Å²) in [5.74, 6) is -0.179. The Hall–Kier alpha value is 0.230. The molecule has 12 heavy (non-hydrogen) atoms. The average Bonchev–Trinajstić information content (AvgIpc) is 1.82. The summed E-state index contributed by atoms with van der Waals surface area (Å²) in [6.07, 6.45) is 0. The third-order valence-corrected chi connectivity index (χ3v) is 2.70. The molecule has 0 radical (unpaired) electrons. The molecule has 0 nitrogen and oxygen atoms in total. The van der Waals surface area contributed by atoms with E-state index in [1.54, 1.807) is 6.07 Å². The summed E-state index contributed by atoms with van der Waals surface area (Å²) in [5.41, 5.74) is 0.675. The third kappa shape index (κ3) is 2.13. The van der Waals surface area contributed by atoms with Crippen molar-refractivity contribution in [1.82, 2.24) is 0 Å². The fraction of sp³-hybridized carbons (Fsp3) is 0.333. The zero-order valence-corrected chi connectivity index (χ0v) is 9.99. The molecule has 0 unspecified atom stereocenters. The van der Waals surface area contributed by atoms with Crippen LogP contribution in [0.2, 0.25) is 0 Å². The molecule has 0 aliphatic carbocycles. The molecule has 0 fully saturated rings. The molecule has 0 atom stereocenters. The van der Waals surface area contributed by atoms with Crippen LogP contribution in [0, 0.1) is 9.39 Å². The highest BCUT2D eigenvalue weighted by molar-refractivity contribution is 14.1. The minimum Gasteiger partial charge on any atom is -0.207 e. The van der Waals surface area contributed by atoms with Crippen molar-refractivity contribution in [2.75, 3.05) is 0 Å².